The molecule has 0 radical (unpaired) electrons. The number of hydrogen-bond acceptors (Lipinski definition) is 2. The van der Waals surface area contributed by atoms with Gasteiger partial charge in [0.05, 0.1) is 0 Å². The van der Waals surface area contributed by atoms with Crippen LogP contribution in [0.5, 0.6) is 0 Å². The van der Waals surface area contributed by atoms with Crippen molar-refractivity contribution in [3.63, 3.8) is 0 Å². The molecule has 0 saturated heterocycles. The highest BCUT2D eigenvalue weighted by atomic mass is 79.9. The van der Waals surface area contributed by atoms with Gasteiger partial charge in [-0.2, -0.15) is 0 Å². The fourth-order valence-corrected chi connectivity index (χ4v) is 2.85. The van der Waals surface area contributed by atoms with E-state index in [1.165, 1.54) is 11.1 Å². The van der Waals surface area contributed by atoms with Crippen molar-refractivity contribution in [1.82, 2.24) is 9.24 Å². The summed E-state index contributed by atoms with van der Waals surface area (Å²) in [5.74, 6) is 0. The number of rotatable bonds is 7. The zero-order chi connectivity index (χ0) is 14.2. The Bertz CT molecular complexity index is 517. The second-order valence-electron chi connectivity index (χ2n) is 4.64. The average molecular weight is 398 g/mol. The van der Waals surface area contributed by atoms with E-state index >= 15 is 0 Å². The smallest absolute Gasteiger partial charge is 0.0344 e. The lowest BCUT2D eigenvalue weighted by molar-refractivity contribution is 0.466. The van der Waals surface area contributed by atoms with Gasteiger partial charge in [-0.05, 0) is 23.3 Å². The van der Waals surface area contributed by atoms with Gasteiger partial charge in [0, 0.05) is 46.8 Å². The van der Waals surface area contributed by atoms with Gasteiger partial charge in [-0.15, -0.1) is 0 Å². The van der Waals surface area contributed by atoms with Crippen LogP contribution >= 0.6 is 32.1 Å². The number of halogens is 2. The van der Waals surface area contributed by atoms with Crippen molar-refractivity contribution in [3.8, 4) is 0 Å². The Kier molecular flexibility index (Phi) is 6.73. The Morgan fingerprint density at radius 1 is 0.950 bits per heavy atom. The van der Waals surface area contributed by atoms with Crippen LogP contribution in [0, 0.1) is 0 Å². The molecule has 0 heterocycles. The fourth-order valence-electron chi connectivity index (χ4n) is 1.94. The van der Waals surface area contributed by atoms with Crippen LogP contribution in [0.2, 0.25) is 0 Å². The minimum absolute atomic E-state index is 0.894. The number of hydrogen-bond donors (Lipinski definition) is 1. The number of nitrogens with zero attached hydrogens (tertiary/aromatic N) is 1. The molecule has 1 N–H and O–H groups in total. The molecule has 0 unspecified atom stereocenters. The number of nitrogens with one attached hydrogen (secondary N) is 1. The maximum atomic E-state index is 3.60. The van der Waals surface area contributed by atoms with E-state index in [0.717, 1.165) is 30.7 Å². The molecule has 0 atom stereocenters. The first-order valence-corrected chi connectivity index (χ1v) is 8.14. The van der Waals surface area contributed by atoms with Crippen LogP contribution < -0.4 is 5.32 Å². The van der Waals surface area contributed by atoms with Crippen molar-refractivity contribution in [1.29, 1.82) is 0 Å². The minimum atomic E-state index is 0.894. The Labute approximate surface area is 137 Å². The van der Waals surface area contributed by atoms with Crippen molar-refractivity contribution in [2.45, 2.75) is 13.1 Å². The van der Waals surface area contributed by atoms with Gasteiger partial charge < -0.3 is 5.32 Å². The molecular formula is C16H18Br2N2. The van der Waals surface area contributed by atoms with Gasteiger partial charge in [0.1, 0.15) is 0 Å². The molecule has 4 heteroatoms. The molecule has 0 saturated carbocycles. The van der Waals surface area contributed by atoms with E-state index in [4.69, 9.17) is 0 Å². The molecule has 2 rings (SSSR count). The number of benzene rings is 2. The van der Waals surface area contributed by atoms with Crippen LogP contribution in [0.3, 0.4) is 0 Å². The van der Waals surface area contributed by atoms with E-state index < -0.39 is 0 Å². The van der Waals surface area contributed by atoms with Crippen molar-refractivity contribution in [3.05, 3.63) is 70.2 Å². The summed E-state index contributed by atoms with van der Waals surface area (Å²) in [6, 6.07) is 18.9. The predicted molar refractivity (Wildman–Crippen MR) is 91.6 cm³/mol. The van der Waals surface area contributed by atoms with E-state index in [1.807, 2.05) is 12.1 Å². The summed E-state index contributed by atoms with van der Waals surface area (Å²) >= 11 is 7.09. The van der Waals surface area contributed by atoms with Gasteiger partial charge in [0.25, 0.3) is 0 Å². The van der Waals surface area contributed by atoms with E-state index in [9.17, 15) is 0 Å². The van der Waals surface area contributed by atoms with Crippen LogP contribution in [0.25, 0.3) is 0 Å². The highest BCUT2D eigenvalue weighted by molar-refractivity contribution is 9.10. The van der Waals surface area contributed by atoms with Gasteiger partial charge in [-0.1, -0.05) is 58.4 Å². The topological polar surface area (TPSA) is 15.3 Å². The summed E-state index contributed by atoms with van der Waals surface area (Å²) in [4.78, 5) is 0. The van der Waals surface area contributed by atoms with Gasteiger partial charge in [0.2, 0.25) is 0 Å². The molecule has 2 aromatic carbocycles. The molecule has 2 nitrogen and oxygen atoms in total. The van der Waals surface area contributed by atoms with E-state index in [2.05, 4.69) is 83.8 Å². The van der Waals surface area contributed by atoms with Gasteiger partial charge in [0.15, 0.2) is 0 Å². The molecule has 0 bridgehead atoms. The van der Waals surface area contributed by atoms with Crippen LogP contribution in [0.15, 0.2) is 59.1 Å². The van der Waals surface area contributed by atoms with Crippen LogP contribution in [-0.4, -0.2) is 17.0 Å². The molecule has 0 aliphatic heterocycles. The van der Waals surface area contributed by atoms with Gasteiger partial charge in [-0.25, -0.2) is 3.93 Å². The molecule has 0 aliphatic carbocycles. The van der Waals surface area contributed by atoms with E-state index in [-0.39, 0.29) is 0 Å². The largest absolute Gasteiger partial charge is 0.311 e. The molecule has 0 aliphatic rings. The Morgan fingerprint density at radius 2 is 1.70 bits per heavy atom. The maximum Gasteiger partial charge on any atom is 0.0344 e. The first-order chi connectivity index (χ1) is 9.74. The van der Waals surface area contributed by atoms with Crippen molar-refractivity contribution >= 4 is 32.1 Å². The Morgan fingerprint density at radius 3 is 2.45 bits per heavy atom. The zero-order valence-corrected chi connectivity index (χ0v) is 14.4. The molecule has 2 aromatic rings. The van der Waals surface area contributed by atoms with Crippen LogP contribution in [-0.2, 0) is 13.1 Å². The Hall–Kier alpha value is -0.680. The zero-order valence-electron chi connectivity index (χ0n) is 11.2. The SMILES string of the molecule is Brc1cccc(CNCCN(Br)Cc2ccccc2)c1. The summed E-state index contributed by atoms with van der Waals surface area (Å²) in [5.41, 5.74) is 2.61. The third-order valence-electron chi connectivity index (χ3n) is 2.95. The molecule has 0 aromatic heterocycles. The lowest BCUT2D eigenvalue weighted by atomic mass is 10.2. The Balaban J connectivity index is 1.66. The van der Waals surface area contributed by atoms with Gasteiger partial charge >= 0.3 is 0 Å². The first-order valence-electron chi connectivity index (χ1n) is 6.64. The summed E-state index contributed by atoms with van der Waals surface area (Å²) in [7, 11) is 0. The monoisotopic (exact) mass is 396 g/mol. The lowest BCUT2D eigenvalue weighted by Crippen LogP contribution is -2.25. The minimum Gasteiger partial charge on any atom is -0.311 e. The third kappa shape index (κ3) is 5.75. The first kappa shape index (κ1) is 15.7. The van der Waals surface area contributed by atoms with Crippen molar-refractivity contribution < 1.29 is 0 Å². The lowest BCUT2D eigenvalue weighted by Gasteiger charge is -2.14. The van der Waals surface area contributed by atoms with E-state index in [0.29, 0.717) is 0 Å². The van der Waals surface area contributed by atoms with Gasteiger partial charge in [-0.3, -0.25) is 0 Å². The molecule has 0 amide bonds. The summed E-state index contributed by atoms with van der Waals surface area (Å²) in [6.07, 6.45) is 0. The fraction of sp³-hybridized carbons (Fsp3) is 0.250. The summed E-state index contributed by atoms with van der Waals surface area (Å²) < 4.78 is 3.28. The standard InChI is InChI=1S/C16H18Br2N2/c17-16-8-4-7-15(11-16)12-19-9-10-20(18)13-14-5-2-1-3-6-14/h1-8,11,19H,9-10,12-13H2. The predicted octanol–water partition coefficient (Wildman–Crippen LogP) is 4.35. The molecule has 0 spiro atoms. The summed E-state index contributed by atoms with van der Waals surface area (Å²) in [6.45, 7) is 3.72. The van der Waals surface area contributed by atoms with Crippen molar-refractivity contribution in [2.75, 3.05) is 13.1 Å². The normalized spacial score (nSPS) is 10.9. The molecule has 106 valence electrons. The third-order valence-corrected chi connectivity index (χ3v) is 4.04. The second-order valence-corrected chi connectivity index (χ2v) is 6.56. The quantitative estimate of drug-likeness (QED) is 0.551. The van der Waals surface area contributed by atoms with Crippen LogP contribution in [0.4, 0.5) is 0 Å². The van der Waals surface area contributed by atoms with Crippen molar-refractivity contribution in [2.24, 2.45) is 0 Å². The summed E-state index contributed by atoms with van der Waals surface area (Å²) in [5, 5.41) is 3.45. The highest BCUT2D eigenvalue weighted by Crippen LogP contribution is 2.11. The maximum absolute atomic E-state index is 3.60. The molecular weight excluding hydrogens is 380 g/mol. The average Bonchev–Trinajstić information content (AvgIpc) is 2.45. The highest BCUT2D eigenvalue weighted by Gasteiger charge is 2.01. The second kappa shape index (κ2) is 8.57. The molecule has 0 fully saturated rings. The molecule has 20 heavy (non-hydrogen) atoms. The van der Waals surface area contributed by atoms with E-state index in [1.54, 1.807) is 0 Å². The van der Waals surface area contributed by atoms with Crippen LogP contribution in [0.1, 0.15) is 11.1 Å².